The number of carbonyl (C=O) groups is 1. The molecule has 1 spiro atoms. The van der Waals surface area contributed by atoms with Crippen LogP contribution in [-0.2, 0) is 47.8 Å². The van der Waals surface area contributed by atoms with Crippen LogP contribution in [0.15, 0.2) is 66.8 Å². The first-order chi connectivity index (χ1) is 23.8. The first-order valence-electron chi connectivity index (χ1n) is 18.0. The van der Waals surface area contributed by atoms with E-state index in [1.807, 2.05) is 0 Å². The van der Waals surface area contributed by atoms with Crippen LogP contribution in [0.5, 0.6) is 0 Å². The van der Waals surface area contributed by atoms with E-state index in [0.717, 1.165) is 56.3 Å². The molecule has 0 atom stereocenters. The molecule has 5 nitrogen and oxygen atoms in total. The number of hydrogen-bond acceptors (Lipinski definition) is 5. The van der Waals surface area contributed by atoms with Gasteiger partial charge in [-0.3, -0.25) is 4.79 Å². The van der Waals surface area contributed by atoms with Gasteiger partial charge in [0.05, 0.1) is 5.41 Å². The minimum atomic E-state index is -0.272. The SMILES string of the molecule is CCN([C-]=CC=CC1=[N+](CCCCCC(=O)ONS)c2ccc3c(C)cc(C)cc3c2C12CCCCC2)c1[c-]c2cc(C)cc(C)c2cc1.[Y]. The number of allylic oxidation sites excluding steroid dienone is 3. The molecule has 0 aromatic heterocycles. The molecule has 4 aromatic rings. The quantitative estimate of drug-likeness (QED) is 0.0287. The summed E-state index contributed by atoms with van der Waals surface area (Å²) in [4.78, 5) is 21.0. The maximum absolute atomic E-state index is 11.9. The van der Waals surface area contributed by atoms with Crippen LogP contribution < -0.4 is 9.79 Å². The Labute approximate surface area is 329 Å². The van der Waals surface area contributed by atoms with Crippen molar-refractivity contribution >= 4 is 57.4 Å². The number of thiol groups is 1. The molecule has 0 saturated heterocycles. The van der Waals surface area contributed by atoms with Crippen molar-refractivity contribution in [2.45, 2.75) is 97.8 Å². The Balaban J connectivity index is 0.00000486. The van der Waals surface area contributed by atoms with E-state index in [1.165, 1.54) is 74.6 Å². The van der Waals surface area contributed by atoms with E-state index < -0.39 is 0 Å². The Hall–Kier alpha value is -2.77. The van der Waals surface area contributed by atoms with E-state index in [2.05, 4.69) is 141 Å². The summed E-state index contributed by atoms with van der Waals surface area (Å²) in [6.07, 6.45) is 19.4. The first kappa shape index (κ1) is 38.5. The van der Waals surface area contributed by atoms with Crippen LogP contribution in [0.2, 0.25) is 0 Å². The number of nitrogens with one attached hydrogen (secondary N) is 1. The topological polar surface area (TPSA) is 44.6 Å². The summed E-state index contributed by atoms with van der Waals surface area (Å²) in [5.41, 5.74) is 10.5. The second kappa shape index (κ2) is 17.2. The van der Waals surface area contributed by atoms with Gasteiger partial charge in [-0.05, 0) is 95.3 Å². The van der Waals surface area contributed by atoms with Gasteiger partial charge in [-0.1, -0.05) is 71.9 Å². The summed E-state index contributed by atoms with van der Waals surface area (Å²) >= 11 is 3.77. The van der Waals surface area contributed by atoms with Crippen LogP contribution in [0.1, 0.15) is 92.5 Å². The number of hydrogen-bond donors (Lipinski definition) is 2. The van der Waals surface area contributed by atoms with E-state index >= 15 is 0 Å². The Morgan fingerprint density at radius 1 is 0.960 bits per heavy atom. The van der Waals surface area contributed by atoms with Crippen molar-refractivity contribution in [3.8, 4) is 0 Å². The molecular formula is C43H50N3O2SY-. The molecule has 50 heavy (non-hydrogen) atoms. The molecule has 259 valence electrons. The zero-order chi connectivity index (χ0) is 34.5. The Kier molecular flexibility index (Phi) is 13.2. The Morgan fingerprint density at radius 3 is 2.42 bits per heavy atom. The Bertz CT molecular complexity index is 1960. The van der Waals surface area contributed by atoms with Gasteiger partial charge in [-0.15, -0.1) is 29.4 Å². The summed E-state index contributed by atoms with van der Waals surface area (Å²) in [5.74, 6) is -0.272. The molecule has 7 heteroatoms. The molecule has 0 unspecified atom stereocenters. The van der Waals surface area contributed by atoms with Crippen molar-refractivity contribution in [1.29, 1.82) is 0 Å². The monoisotopic (exact) mass is 761 g/mol. The molecule has 0 amide bonds. The van der Waals surface area contributed by atoms with Crippen LogP contribution in [0.25, 0.3) is 21.5 Å². The minimum absolute atomic E-state index is 0. The van der Waals surface area contributed by atoms with Crippen molar-refractivity contribution in [2.24, 2.45) is 0 Å². The second-order valence-corrected chi connectivity index (χ2v) is 14.2. The number of unbranched alkanes of at least 4 members (excludes halogenated alkanes) is 2. The molecule has 6 rings (SSSR count). The average Bonchev–Trinajstić information content (AvgIpc) is 3.32. The molecule has 1 fully saturated rings. The molecule has 2 aliphatic rings. The maximum Gasteiger partial charge on any atom is 0.325 e. The minimum Gasteiger partial charge on any atom is -0.471 e. The van der Waals surface area contributed by atoms with Crippen LogP contribution in [-0.4, -0.2) is 29.3 Å². The van der Waals surface area contributed by atoms with E-state index in [0.29, 0.717) is 6.42 Å². The smallest absolute Gasteiger partial charge is 0.325 e. The standard InChI is InChI=1S/C43H50N3O2S.Y/c1-6-45(35-17-18-36-32(4)25-30(2)27-34(36)29-35)23-14-10-15-40-43(21-11-8-12-22-43)42-38-28-31(3)26-33(5)37(38)19-20-39(42)46(40)24-13-7-9-16-41(47)48-44-49;/h10,14-15,17-20,25-28,44,49H,6-9,11-13,16,21-22,24H2,1-5H3;/q-1;. The number of rotatable bonds is 12. The van der Waals surface area contributed by atoms with Gasteiger partial charge in [0.1, 0.15) is 6.54 Å². The van der Waals surface area contributed by atoms with Gasteiger partial charge in [0.25, 0.3) is 0 Å². The van der Waals surface area contributed by atoms with Gasteiger partial charge in [0, 0.05) is 57.2 Å². The number of fused-ring (bicyclic) bond motifs is 5. The summed E-state index contributed by atoms with van der Waals surface area (Å²) in [5, 5.41) is 5.16. The van der Waals surface area contributed by atoms with Crippen molar-refractivity contribution in [2.75, 3.05) is 18.0 Å². The number of anilines is 1. The number of nitrogens with zero attached hydrogens (tertiary/aromatic N) is 2. The molecule has 1 radical (unpaired) electrons. The van der Waals surface area contributed by atoms with Crippen molar-refractivity contribution in [3.63, 3.8) is 0 Å². The van der Waals surface area contributed by atoms with Crippen LogP contribution in [0.4, 0.5) is 11.4 Å². The number of carbonyl (C=O) groups excluding carboxylic acids is 1. The molecule has 1 aliphatic heterocycles. The van der Waals surface area contributed by atoms with Gasteiger partial charge in [0.15, 0.2) is 5.71 Å². The molecule has 1 N–H and O–H groups in total. The molecule has 4 aromatic carbocycles. The molecule has 1 heterocycles. The fourth-order valence-electron chi connectivity index (χ4n) is 8.41. The van der Waals surface area contributed by atoms with E-state index in [-0.39, 0.29) is 44.1 Å². The van der Waals surface area contributed by atoms with E-state index in [1.54, 1.807) is 0 Å². The third-order valence-corrected chi connectivity index (χ3v) is 10.6. The zero-order valence-electron chi connectivity index (χ0n) is 30.4. The zero-order valence-corrected chi connectivity index (χ0v) is 34.1. The van der Waals surface area contributed by atoms with Crippen molar-refractivity contribution in [1.82, 2.24) is 4.89 Å². The summed E-state index contributed by atoms with van der Waals surface area (Å²) in [6.45, 7) is 12.7. The van der Waals surface area contributed by atoms with E-state index in [4.69, 9.17) is 4.84 Å². The summed E-state index contributed by atoms with van der Waals surface area (Å²) < 4.78 is 2.59. The molecule has 1 saturated carbocycles. The fraction of sp³-hybridized carbons (Fsp3) is 0.395. The predicted octanol–water partition coefficient (Wildman–Crippen LogP) is 10.2. The molecule has 0 bridgehead atoms. The second-order valence-electron chi connectivity index (χ2n) is 14.0. The largest absolute Gasteiger partial charge is 0.471 e. The predicted molar refractivity (Wildman–Crippen MR) is 207 cm³/mol. The first-order valence-corrected chi connectivity index (χ1v) is 18.5. The molecule has 1 aliphatic carbocycles. The van der Waals surface area contributed by atoms with Gasteiger partial charge >= 0.3 is 5.97 Å². The van der Waals surface area contributed by atoms with Gasteiger partial charge in [-0.25, -0.2) is 0 Å². The average molecular weight is 762 g/mol. The third kappa shape index (κ3) is 7.99. The fourth-order valence-corrected chi connectivity index (χ4v) is 8.51. The maximum atomic E-state index is 11.9. The van der Waals surface area contributed by atoms with Crippen molar-refractivity contribution < 1.29 is 46.9 Å². The number of aryl methyl sites for hydroxylation is 4. The van der Waals surface area contributed by atoms with Crippen molar-refractivity contribution in [3.05, 3.63) is 107 Å². The molecular weight excluding hydrogens is 711 g/mol. The summed E-state index contributed by atoms with van der Waals surface area (Å²) in [6, 6.07) is 21.9. The Morgan fingerprint density at radius 2 is 1.68 bits per heavy atom. The van der Waals surface area contributed by atoms with Crippen LogP contribution in [0.3, 0.4) is 0 Å². The number of benzene rings is 4. The van der Waals surface area contributed by atoms with Gasteiger partial charge in [-0.2, -0.15) is 34.2 Å². The summed E-state index contributed by atoms with van der Waals surface area (Å²) in [7, 11) is 0. The van der Waals surface area contributed by atoms with E-state index in [9.17, 15) is 4.79 Å². The van der Waals surface area contributed by atoms with Gasteiger partial charge < -0.3 is 9.74 Å². The normalized spacial score (nSPS) is 15.4. The van der Waals surface area contributed by atoms with Crippen LogP contribution in [0, 0.1) is 40.0 Å². The third-order valence-electron chi connectivity index (χ3n) is 10.5. The van der Waals surface area contributed by atoms with Crippen LogP contribution >= 0.6 is 12.8 Å². The van der Waals surface area contributed by atoms with Gasteiger partial charge in [0.2, 0.25) is 5.69 Å².